The summed E-state index contributed by atoms with van der Waals surface area (Å²) in [6.45, 7) is 8.08. The van der Waals surface area contributed by atoms with Crippen LogP contribution in [-0.2, 0) is 49.6 Å². The Hall–Kier alpha value is -5.76. The number of carbonyl (C=O) groups is 9. The van der Waals surface area contributed by atoms with Gasteiger partial charge >= 0.3 is 5.97 Å². The fourth-order valence-electron chi connectivity index (χ4n) is 7.38. The number of imidazole rings is 1. The van der Waals surface area contributed by atoms with Crippen LogP contribution in [0.3, 0.4) is 0 Å². The van der Waals surface area contributed by atoms with Crippen LogP contribution in [0.4, 0.5) is 0 Å². The van der Waals surface area contributed by atoms with Gasteiger partial charge in [-0.05, 0) is 115 Å². The molecule has 0 fully saturated rings. The molecule has 0 aliphatic carbocycles. The van der Waals surface area contributed by atoms with Crippen molar-refractivity contribution in [2.45, 2.75) is 179 Å². The number of unbranched alkanes of at least 4 members (excludes halogenated alkanes) is 4. The zero-order chi connectivity index (χ0) is 53.5. The standard InChI is InChI=1S/C46H85N15O10/c1-5-28(4)38(45(69)60-37(27(2)3)44(68)58-34(46(70)71)17-9-13-23-50)61-42(66)33(18-19-36(52)62)57-41(65)31(15-7-11-21-48)55-40(64)32(16-8-12-22-49)56-43(67)35(24-29-25-53-26-54-29)59-39(63)30(51)14-6-10-20-47/h25-28,30-35,37-38H,5-24,47-51H2,1-4H3,(H2,52,62)(H,53,54)(H,55,64)(H,56,67)(H,57,65)(H,58,68)(H,59,63)(H,60,69)(H,61,66)(H,70,71)/t28-,30-,31-,32-,33-,34-,35-,37-,38-/m0/s1. The molecule has 25 nitrogen and oxygen atoms in total. The van der Waals surface area contributed by atoms with Crippen molar-refractivity contribution < 1.29 is 48.3 Å². The number of rotatable bonds is 39. The highest BCUT2D eigenvalue weighted by atomic mass is 16.4. The number of aliphatic carboxylic acids is 1. The van der Waals surface area contributed by atoms with Gasteiger partial charge in [0.1, 0.15) is 42.3 Å². The summed E-state index contributed by atoms with van der Waals surface area (Å²) >= 11 is 0. The number of nitrogens with one attached hydrogen (secondary N) is 8. The van der Waals surface area contributed by atoms with Gasteiger partial charge in [-0.2, -0.15) is 0 Å². The van der Waals surface area contributed by atoms with E-state index in [1.165, 1.54) is 12.5 Å². The van der Waals surface area contributed by atoms with E-state index in [1.807, 2.05) is 0 Å². The quantitative estimate of drug-likeness (QED) is 0.0297. The molecule has 1 aromatic heterocycles. The third kappa shape index (κ3) is 24.8. The van der Waals surface area contributed by atoms with Gasteiger partial charge in [-0.3, -0.25) is 38.4 Å². The summed E-state index contributed by atoms with van der Waals surface area (Å²) in [5, 5.41) is 28.3. The average Bonchev–Trinajstić information content (AvgIpc) is 3.85. The summed E-state index contributed by atoms with van der Waals surface area (Å²) in [7, 11) is 0. The fraction of sp³-hybridized carbons (Fsp3) is 0.739. The van der Waals surface area contributed by atoms with E-state index in [2.05, 4.69) is 47.2 Å². The number of carboxylic acids is 1. The molecule has 404 valence electrons. The van der Waals surface area contributed by atoms with Gasteiger partial charge in [0.25, 0.3) is 0 Å². The molecule has 0 aliphatic rings. The van der Waals surface area contributed by atoms with E-state index in [0.717, 1.165) is 0 Å². The molecule has 9 atom stereocenters. The molecule has 0 saturated carbocycles. The highest BCUT2D eigenvalue weighted by molar-refractivity contribution is 5.98. The monoisotopic (exact) mass is 1010 g/mol. The van der Waals surface area contributed by atoms with Crippen LogP contribution in [-0.4, -0.2) is 143 Å². The van der Waals surface area contributed by atoms with Crippen molar-refractivity contribution in [3.05, 3.63) is 18.2 Å². The number of nitrogens with zero attached hydrogens (tertiary/aromatic N) is 1. The average molecular weight is 1010 g/mol. The van der Waals surface area contributed by atoms with E-state index < -0.39 is 113 Å². The molecule has 1 rings (SSSR count). The van der Waals surface area contributed by atoms with Gasteiger partial charge in [-0.15, -0.1) is 0 Å². The lowest BCUT2D eigenvalue weighted by Crippen LogP contribution is -2.61. The van der Waals surface area contributed by atoms with E-state index in [0.29, 0.717) is 83.0 Å². The van der Waals surface area contributed by atoms with Gasteiger partial charge in [0.2, 0.25) is 47.3 Å². The molecule has 0 bridgehead atoms. The summed E-state index contributed by atoms with van der Waals surface area (Å²) in [5.41, 5.74) is 34.8. The maximum Gasteiger partial charge on any atom is 0.326 e. The van der Waals surface area contributed by atoms with Gasteiger partial charge in [-0.1, -0.05) is 40.5 Å². The van der Waals surface area contributed by atoms with Crippen LogP contribution < -0.4 is 71.6 Å². The van der Waals surface area contributed by atoms with Gasteiger partial charge in [0.05, 0.1) is 12.4 Å². The third-order valence-electron chi connectivity index (χ3n) is 12.0. The molecule has 0 aromatic carbocycles. The number of hydrogen-bond donors (Lipinski definition) is 15. The normalized spacial score (nSPS) is 15.1. The van der Waals surface area contributed by atoms with Crippen molar-refractivity contribution in [2.24, 2.45) is 46.2 Å². The highest BCUT2D eigenvalue weighted by Crippen LogP contribution is 2.14. The molecule has 25 heteroatoms. The number of amides is 8. The van der Waals surface area contributed by atoms with E-state index in [-0.39, 0.29) is 51.6 Å². The lowest BCUT2D eigenvalue weighted by atomic mass is 9.95. The van der Waals surface area contributed by atoms with Crippen molar-refractivity contribution in [1.82, 2.24) is 47.2 Å². The number of aromatic nitrogens is 2. The summed E-state index contributed by atoms with van der Waals surface area (Å²) in [6, 6.07) is -9.85. The molecule has 0 spiro atoms. The second-order valence-corrected chi connectivity index (χ2v) is 18.3. The molecule has 71 heavy (non-hydrogen) atoms. The predicted octanol–water partition coefficient (Wildman–Crippen LogP) is -2.76. The number of H-pyrrole nitrogens is 1. The molecule has 1 heterocycles. The maximum absolute atomic E-state index is 14.2. The number of hydrogen-bond acceptors (Lipinski definition) is 15. The topological polar surface area (TPSA) is 443 Å². The van der Waals surface area contributed by atoms with Crippen molar-refractivity contribution in [3.8, 4) is 0 Å². The maximum atomic E-state index is 14.2. The summed E-state index contributed by atoms with van der Waals surface area (Å²) in [5.74, 6) is -8.37. The Labute approximate surface area is 417 Å². The molecular weight excluding hydrogens is 923 g/mol. The number of carbonyl (C=O) groups excluding carboxylic acids is 8. The molecule has 0 aliphatic heterocycles. The lowest BCUT2D eigenvalue weighted by Gasteiger charge is -2.30. The van der Waals surface area contributed by atoms with Crippen LogP contribution in [0.2, 0.25) is 0 Å². The summed E-state index contributed by atoms with van der Waals surface area (Å²) in [6.07, 6.45) is 7.06. The zero-order valence-electron chi connectivity index (χ0n) is 42.1. The van der Waals surface area contributed by atoms with E-state index in [1.54, 1.807) is 27.7 Å². The minimum Gasteiger partial charge on any atom is -0.480 e. The van der Waals surface area contributed by atoms with Gasteiger partial charge in [0.15, 0.2) is 0 Å². The minimum atomic E-state index is -1.47. The first-order chi connectivity index (χ1) is 33.7. The molecule has 21 N–H and O–H groups in total. The number of carboxylic acid groups (broad SMARTS) is 1. The molecule has 0 radical (unpaired) electrons. The second-order valence-electron chi connectivity index (χ2n) is 18.3. The smallest absolute Gasteiger partial charge is 0.326 e. The molecule has 8 amide bonds. The van der Waals surface area contributed by atoms with Gasteiger partial charge < -0.3 is 81.7 Å². The van der Waals surface area contributed by atoms with Crippen LogP contribution >= 0.6 is 0 Å². The molecule has 0 saturated heterocycles. The zero-order valence-corrected chi connectivity index (χ0v) is 42.1. The Morgan fingerprint density at radius 3 is 1.39 bits per heavy atom. The minimum absolute atomic E-state index is 0.0283. The van der Waals surface area contributed by atoms with Gasteiger partial charge in [0, 0.05) is 24.7 Å². The van der Waals surface area contributed by atoms with Crippen LogP contribution in [0.5, 0.6) is 0 Å². The Morgan fingerprint density at radius 1 is 0.549 bits per heavy atom. The van der Waals surface area contributed by atoms with E-state index >= 15 is 0 Å². The predicted molar refractivity (Wildman–Crippen MR) is 266 cm³/mol. The summed E-state index contributed by atoms with van der Waals surface area (Å²) < 4.78 is 0. The van der Waals surface area contributed by atoms with E-state index in [9.17, 15) is 48.3 Å². The first-order valence-corrected chi connectivity index (χ1v) is 24.9. The Kier molecular flexibility index (Phi) is 31.5. The van der Waals surface area contributed by atoms with E-state index in [4.69, 9.17) is 34.4 Å². The first kappa shape index (κ1) is 63.3. The second kappa shape index (κ2) is 35.4. The SMILES string of the molecule is CC[C@H](C)[C@H](NC(=O)[C@H](CCC(N)=O)NC(=O)[C@H](CCCCN)NC(=O)[C@H](CCCCN)NC(=O)[C@H](Cc1cnc[nH]1)NC(=O)[C@@H](N)CCCCN)C(=O)N[C@H](C(=O)N[C@@H](CCCCN)C(=O)O)C(C)C. The largest absolute Gasteiger partial charge is 0.480 e. The first-order valence-electron chi connectivity index (χ1n) is 24.9. The van der Waals surface area contributed by atoms with Crippen molar-refractivity contribution >= 4 is 53.2 Å². The van der Waals surface area contributed by atoms with Crippen molar-refractivity contribution in [1.29, 1.82) is 0 Å². The van der Waals surface area contributed by atoms with Crippen molar-refractivity contribution in [2.75, 3.05) is 26.2 Å². The molecular formula is C46H85N15O10. The third-order valence-corrected chi connectivity index (χ3v) is 12.0. The van der Waals surface area contributed by atoms with Crippen LogP contribution in [0.1, 0.15) is 130 Å². The number of aromatic amines is 1. The Balaban J connectivity index is 3.48. The van der Waals surface area contributed by atoms with Crippen LogP contribution in [0.15, 0.2) is 12.5 Å². The summed E-state index contributed by atoms with van der Waals surface area (Å²) in [4.78, 5) is 128. The number of primary amides is 1. The van der Waals surface area contributed by atoms with Crippen molar-refractivity contribution in [3.63, 3.8) is 0 Å². The fourth-order valence-corrected chi connectivity index (χ4v) is 7.38. The van der Waals surface area contributed by atoms with Gasteiger partial charge in [-0.25, -0.2) is 9.78 Å². The van der Waals surface area contributed by atoms with Crippen LogP contribution in [0.25, 0.3) is 0 Å². The molecule has 0 unspecified atom stereocenters. The number of nitrogens with two attached hydrogens (primary N) is 6. The highest BCUT2D eigenvalue weighted by Gasteiger charge is 2.36. The van der Waals surface area contributed by atoms with Crippen LogP contribution in [0, 0.1) is 11.8 Å². The lowest BCUT2D eigenvalue weighted by molar-refractivity contribution is -0.143. The Bertz CT molecular complexity index is 1800. The molecule has 1 aromatic rings. The Morgan fingerprint density at radius 2 is 0.958 bits per heavy atom.